The quantitative estimate of drug-likeness (QED) is 0.629. The van der Waals surface area contributed by atoms with Crippen LogP contribution in [0.5, 0.6) is 11.5 Å². The molecule has 21 heavy (non-hydrogen) atoms. The number of ether oxygens (including phenoxy) is 1. The molecular weight excluding hydrogens is 274 g/mol. The van der Waals surface area contributed by atoms with Crippen LogP contribution in [0.4, 0.5) is 5.69 Å². The van der Waals surface area contributed by atoms with Gasteiger partial charge in [0.2, 0.25) is 5.75 Å². The van der Waals surface area contributed by atoms with Gasteiger partial charge in [0, 0.05) is 12.7 Å². The summed E-state index contributed by atoms with van der Waals surface area (Å²) < 4.78 is 5.62. The second-order valence-corrected chi connectivity index (χ2v) is 4.40. The number of nitro benzene ring substituents is 1. The minimum absolute atomic E-state index is 0.0358. The van der Waals surface area contributed by atoms with Gasteiger partial charge in [-0.3, -0.25) is 10.1 Å². The molecule has 2 N–H and O–H groups in total. The number of para-hydroxylation sites is 1. The molecule has 0 spiro atoms. The van der Waals surface area contributed by atoms with Gasteiger partial charge >= 0.3 is 5.69 Å². The smallest absolute Gasteiger partial charge is 0.311 e. The zero-order valence-corrected chi connectivity index (χ0v) is 11.2. The largest absolute Gasteiger partial charge is 0.450 e. The van der Waals surface area contributed by atoms with Gasteiger partial charge in [-0.1, -0.05) is 24.3 Å². The van der Waals surface area contributed by atoms with Crippen LogP contribution >= 0.6 is 0 Å². The van der Waals surface area contributed by atoms with Gasteiger partial charge in [-0.15, -0.1) is 0 Å². The number of benzene rings is 2. The highest BCUT2D eigenvalue weighted by molar-refractivity contribution is 5.51. The highest BCUT2D eigenvalue weighted by Crippen LogP contribution is 2.33. The fraction of sp³-hybridized carbons (Fsp3) is 0.200. The molecule has 0 saturated heterocycles. The fourth-order valence-corrected chi connectivity index (χ4v) is 1.94. The molecule has 0 aliphatic heterocycles. The van der Waals surface area contributed by atoms with E-state index in [0.717, 1.165) is 5.56 Å². The molecule has 110 valence electrons. The second kappa shape index (κ2) is 6.83. The first-order valence-electron chi connectivity index (χ1n) is 6.40. The van der Waals surface area contributed by atoms with Gasteiger partial charge in [-0.05, 0) is 29.7 Å². The van der Waals surface area contributed by atoms with E-state index in [0.29, 0.717) is 17.7 Å². The molecule has 0 amide bonds. The average Bonchev–Trinajstić information content (AvgIpc) is 2.49. The predicted molar refractivity (Wildman–Crippen MR) is 76.3 cm³/mol. The van der Waals surface area contributed by atoms with Crippen molar-refractivity contribution < 1.29 is 19.9 Å². The molecule has 0 atom stereocenters. The summed E-state index contributed by atoms with van der Waals surface area (Å²) in [5.74, 6) is 0.564. The van der Waals surface area contributed by atoms with Crippen molar-refractivity contribution in [2.24, 2.45) is 0 Å². The lowest BCUT2D eigenvalue weighted by Crippen LogP contribution is -1.98. The van der Waals surface area contributed by atoms with Crippen LogP contribution in [-0.2, 0) is 13.0 Å². The summed E-state index contributed by atoms with van der Waals surface area (Å²) in [4.78, 5) is 10.5. The van der Waals surface area contributed by atoms with Crippen LogP contribution in [0.25, 0.3) is 0 Å². The van der Waals surface area contributed by atoms with Gasteiger partial charge in [0.05, 0.1) is 11.5 Å². The van der Waals surface area contributed by atoms with Crippen molar-refractivity contribution in [2.45, 2.75) is 13.0 Å². The number of nitro groups is 1. The number of aliphatic hydroxyl groups is 2. The Bertz CT molecular complexity index is 642. The Morgan fingerprint density at radius 1 is 1.10 bits per heavy atom. The van der Waals surface area contributed by atoms with Crippen LogP contribution in [-0.4, -0.2) is 21.7 Å². The van der Waals surface area contributed by atoms with Gasteiger partial charge in [0.15, 0.2) is 0 Å². The molecule has 6 nitrogen and oxygen atoms in total. The number of hydrogen-bond acceptors (Lipinski definition) is 5. The lowest BCUT2D eigenvalue weighted by atomic mass is 10.1. The number of rotatable bonds is 6. The Morgan fingerprint density at radius 2 is 1.86 bits per heavy atom. The Kier molecular flexibility index (Phi) is 4.86. The fourth-order valence-electron chi connectivity index (χ4n) is 1.94. The Morgan fingerprint density at radius 3 is 2.52 bits per heavy atom. The lowest BCUT2D eigenvalue weighted by Gasteiger charge is -2.11. The Hall–Kier alpha value is -2.44. The van der Waals surface area contributed by atoms with E-state index in [9.17, 15) is 10.1 Å². The lowest BCUT2D eigenvalue weighted by molar-refractivity contribution is -0.385. The standard InChI is InChI=1S/C15H15NO5/c17-8-7-12-3-1-2-4-14(12)21-15-6-5-11(10-18)9-13(15)16(19)20/h1-6,9,17-18H,7-8,10H2. The molecule has 0 heterocycles. The highest BCUT2D eigenvalue weighted by Gasteiger charge is 2.17. The molecule has 0 fully saturated rings. The Labute approximate surface area is 121 Å². The summed E-state index contributed by atoms with van der Waals surface area (Å²) in [6.07, 6.45) is 0.401. The molecule has 2 aromatic carbocycles. The summed E-state index contributed by atoms with van der Waals surface area (Å²) in [5, 5.41) is 29.2. The zero-order chi connectivity index (χ0) is 15.2. The predicted octanol–water partition coefficient (Wildman–Crippen LogP) is 2.41. The van der Waals surface area contributed by atoms with Crippen molar-refractivity contribution in [3.05, 3.63) is 63.7 Å². The molecule has 2 aromatic rings. The van der Waals surface area contributed by atoms with Crippen molar-refractivity contribution in [1.82, 2.24) is 0 Å². The van der Waals surface area contributed by atoms with Gasteiger partial charge < -0.3 is 14.9 Å². The van der Waals surface area contributed by atoms with E-state index >= 15 is 0 Å². The Balaban J connectivity index is 2.37. The second-order valence-electron chi connectivity index (χ2n) is 4.40. The van der Waals surface area contributed by atoms with E-state index in [1.807, 2.05) is 0 Å². The third kappa shape index (κ3) is 3.56. The third-order valence-corrected chi connectivity index (χ3v) is 2.98. The van der Waals surface area contributed by atoms with Crippen molar-refractivity contribution in [1.29, 1.82) is 0 Å². The SMILES string of the molecule is O=[N+]([O-])c1cc(CO)ccc1Oc1ccccc1CCO. The van der Waals surface area contributed by atoms with Crippen LogP contribution in [0.1, 0.15) is 11.1 Å². The van der Waals surface area contributed by atoms with Gasteiger partial charge in [0.1, 0.15) is 5.75 Å². The highest BCUT2D eigenvalue weighted by atomic mass is 16.6. The topological polar surface area (TPSA) is 92.8 Å². The molecule has 0 unspecified atom stereocenters. The van der Waals surface area contributed by atoms with E-state index < -0.39 is 4.92 Å². The molecule has 0 saturated carbocycles. The van der Waals surface area contributed by atoms with E-state index in [4.69, 9.17) is 14.9 Å². The van der Waals surface area contributed by atoms with Crippen molar-refractivity contribution in [3.8, 4) is 11.5 Å². The van der Waals surface area contributed by atoms with Crippen LogP contribution in [0.3, 0.4) is 0 Å². The average molecular weight is 289 g/mol. The zero-order valence-electron chi connectivity index (χ0n) is 11.2. The molecule has 2 rings (SSSR count). The number of aliphatic hydroxyl groups excluding tert-OH is 2. The molecule has 0 aliphatic rings. The monoisotopic (exact) mass is 289 g/mol. The van der Waals surface area contributed by atoms with E-state index in [1.165, 1.54) is 12.1 Å². The molecule has 0 aromatic heterocycles. The summed E-state index contributed by atoms with van der Waals surface area (Å²) in [6, 6.07) is 11.3. The molecule has 0 aliphatic carbocycles. The third-order valence-electron chi connectivity index (χ3n) is 2.98. The molecule has 6 heteroatoms. The first-order chi connectivity index (χ1) is 10.2. The van der Waals surface area contributed by atoms with E-state index in [1.54, 1.807) is 30.3 Å². The van der Waals surface area contributed by atoms with Crippen molar-refractivity contribution in [3.63, 3.8) is 0 Å². The van der Waals surface area contributed by atoms with Crippen LogP contribution in [0.15, 0.2) is 42.5 Å². The maximum Gasteiger partial charge on any atom is 0.311 e. The molecule has 0 bridgehead atoms. The van der Waals surface area contributed by atoms with Gasteiger partial charge in [-0.2, -0.15) is 0 Å². The van der Waals surface area contributed by atoms with Crippen LogP contribution in [0, 0.1) is 10.1 Å². The van der Waals surface area contributed by atoms with Crippen molar-refractivity contribution in [2.75, 3.05) is 6.61 Å². The van der Waals surface area contributed by atoms with E-state index in [-0.39, 0.29) is 24.7 Å². The number of nitrogens with zero attached hydrogens (tertiary/aromatic N) is 1. The minimum Gasteiger partial charge on any atom is -0.450 e. The summed E-state index contributed by atoms with van der Waals surface area (Å²) in [6.45, 7) is -0.311. The van der Waals surface area contributed by atoms with Crippen LogP contribution < -0.4 is 4.74 Å². The van der Waals surface area contributed by atoms with Crippen LogP contribution in [0.2, 0.25) is 0 Å². The maximum absolute atomic E-state index is 11.1. The molecule has 0 radical (unpaired) electrons. The molecular formula is C15H15NO5. The van der Waals surface area contributed by atoms with Gasteiger partial charge in [-0.25, -0.2) is 0 Å². The summed E-state index contributed by atoms with van der Waals surface area (Å²) in [5.41, 5.74) is 0.999. The summed E-state index contributed by atoms with van der Waals surface area (Å²) in [7, 11) is 0. The minimum atomic E-state index is -0.552. The normalized spacial score (nSPS) is 10.4. The summed E-state index contributed by atoms with van der Waals surface area (Å²) >= 11 is 0. The number of hydrogen-bond donors (Lipinski definition) is 2. The van der Waals surface area contributed by atoms with Gasteiger partial charge in [0.25, 0.3) is 0 Å². The van der Waals surface area contributed by atoms with Crippen molar-refractivity contribution >= 4 is 5.69 Å². The first kappa shape index (κ1) is 15.0. The first-order valence-corrected chi connectivity index (χ1v) is 6.40. The van der Waals surface area contributed by atoms with E-state index in [2.05, 4.69) is 0 Å². The maximum atomic E-state index is 11.1.